The number of hydrogen-bond donors (Lipinski definition) is 2. The van der Waals surface area contributed by atoms with Crippen LogP contribution in [0.3, 0.4) is 0 Å². The van der Waals surface area contributed by atoms with E-state index in [1.165, 1.54) is 22.5 Å². The van der Waals surface area contributed by atoms with Gasteiger partial charge in [-0.05, 0) is 38.8 Å². The Balaban J connectivity index is 1.69. The number of rotatable bonds is 4. The van der Waals surface area contributed by atoms with Gasteiger partial charge in [0.05, 0.1) is 6.10 Å². The van der Waals surface area contributed by atoms with E-state index in [0.29, 0.717) is 18.1 Å². The maximum Gasteiger partial charge on any atom is 0.255 e. The SMILES string of the molecule is Cc1cc(C)cc(-c2nnc(NC(=O)[C@@H]3CC[C@H](CN)O3)s2)c1. The molecular formula is C16H20N4O2S. The first-order valence-electron chi connectivity index (χ1n) is 7.63. The van der Waals surface area contributed by atoms with Crippen molar-refractivity contribution in [3.8, 4) is 10.6 Å². The van der Waals surface area contributed by atoms with Crippen molar-refractivity contribution >= 4 is 22.4 Å². The number of hydrogen-bond acceptors (Lipinski definition) is 6. The van der Waals surface area contributed by atoms with Crippen LogP contribution in [0.4, 0.5) is 5.13 Å². The number of anilines is 1. The van der Waals surface area contributed by atoms with Crippen LogP contribution in [0.5, 0.6) is 0 Å². The third kappa shape index (κ3) is 3.74. The van der Waals surface area contributed by atoms with E-state index in [9.17, 15) is 4.79 Å². The molecule has 0 saturated carbocycles. The Morgan fingerprint density at radius 1 is 1.30 bits per heavy atom. The summed E-state index contributed by atoms with van der Waals surface area (Å²) in [5.41, 5.74) is 8.93. The zero-order chi connectivity index (χ0) is 16.4. The molecule has 2 heterocycles. The molecule has 1 aliphatic rings. The molecule has 1 aromatic heterocycles. The highest BCUT2D eigenvalue weighted by atomic mass is 32.1. The highest BCUT2D eigenvalue weighted by molar-refractivity contribution is 7.18. The lowest BCUT2D eigenvalue weighted by Gasteiger charge is -2.10. The van der Waals surface area contributed by atoms with Crippen molar-refractivity contribution in [1.82, 2.24) is 10.2 Å². The monoisotopic (exact) mass is 332 g/mol. The molecule has 1 saturated heterocycles. The maximum atomic E-state index is 12.2. The summed E-state index contributed by atoms with van der Waals surface area (Å²) in [7, 11) is 0. The first-order valence-corrected chi connectivity index (χ1v) is 8.45. The Hall–Kier alpha value is -1.83. The summed E-state index contributed by atoms with van der Waals surface area (Å²) in [6.07, 6.45) is 1.04. The first-order chi connectivity index (χ1) is 11.0. The van der Waals surface area contributed by atoms with Gasteiger partial charge in [0.1, 0.15) is 11.1 Å². The van der Waals surface area contributed by atoms with Crippen molar-refractivity contribution in [2.45, 2.75) is 38.9 Å². The van der Waals surface area contributed by atoms with E-state index in [4.69, 9.17) is 10.5 Å². The van der Waals surface area contributed by atoms with E-state index in [1.807, 2.05) is 13.8 Å². The number of nitrogens with zero attached hydrogens (tertiary/aromatic N) is 2. The molecule has 122 valence electrons. The van der Waals surface area contributed by atoms with Crippen LogP contribution in [0.2, 0.25) is 0 Å². The van der Waals surface area contributed by atoms with Gasteiger partial charge in [-0.3, -0.25) is 10.1 Å². The van der Waals surface area contributed by atoms with Gasteiger partial charge in [0.2, 0.25) is 5.13 Å². The molecular weight excluding hydrogens is 312 g/mol. The fourth-order valence-electron chi connectivity index (χ4n) is 2.75. The molecule has 6 nitrogen and oxygen atoms in total. The minimum Gasteiger partial charge on any atom is -0.364 e. The lowest BCUT2D eigenvalue weighted by atomic mass is 10.1. The quantitative estimate of drug-likeness (QED) is 0.896. The fourth-order valence-corrected chi connectivity index (χ4v) is 3.48. The minimum atomic E-state index is -0.447. The summed E-state index contributed by atoms with van der Waals surface area (Å²) in [5, 5.41) is 12.3. The van der Waals surface area contributed by atoms with Gasteiger partial charge in [-0.15, -0.1) is 10.2 Å². The number of benzene rings is 1. The van der Waals surface area contributed by atoms with Crippen molar-refractivity contribution < 1.29 is 9.53 Å². The van der Waals surface area contributed by atoms with Crippen molar-refractivity contribution in [1.29, 1.82) is 0 Å². The molecule has 1 aliphatic heterocycles. The number of nitrogens with two attached hydrogens (primary N) is 1. The number of aryl methyl sites for hydroxylation is 2. The number of amides is 1. The van der Waals surface area contributed by atoms with Crippen LogP contribution in [0, 0.1) is 13.8 Å². The topological polar surface area (TPSA) is 90.1 Å². The van der Waals surface area contributed by atoms with E-state index in [2.05, 4.69) is 33.7 Å². The molecule has 0 unspecified atom stereocenters. The van der Waals surface area contributed by atoms with Gasteiger partial charge < -0.3 is 10.5 Å². The zero-order valence-corrected chi connectivity index (χ0v) is 14.0. The number of aromatic nitrogens is 2. The smallest absolute Gasteiger partial charge is 0.255 e. The summed E-state index contributed by atoms with van der Waals surface area (Å²) in [4.78, 5) is 12.2. The van der Waals surface area contributed by atoms with Crippen LogP contribution in [-0.4, -0.2) is 34.9 Å². The highest BCUT2D eigenvalue weighted by Gasteiger charge is 2.30. The molecule has 2 atom stereocenters. The second-order valence-corrected chi connectivity index (χ2v) is 6.82. The number of ether oxygens (including phenoxy) is 1. The van der Waals surface area contributed by atoms with Gasteiger partial charge in [-0.1, -0.05) is 28.5 Å². The van der Waals surface area contributed by atoms with E-state index in [0.717, 1.165) is 17.0 Å². The second kappa shape index (κ2) is 6.74. The molecule has 1 amide bonds. The van der Waals surface area contributed by atoms with Crippen molar-refractivity contribution in [2.75, 3.05) is 11.9 Å². The van der Waals surface area contributed by atoms with Gasteiger partial charge in [0, 0.05) is 12.1 Å². The van der Waals surface area contributed by atoms with E-state index >= 15 is 0 Å². The van der Waals surface area contributed by atoms with Crippen molar-refractivity contribution in [3.05, 3.63) is 29.3 Å². The fraction of sp³-hybridized carbons (Fsp3) is 0.438. The third-order valence-corrected chi connectivity index (χ3v) is 4.67. The molecule has 0 radical (unpaired) electrons. The van der Waals surface area contributed by atoms with Gasteiger partial charge in [-0.2, -0.15) is 0 Å². The van der Waals surface area contributed by atoms with Crippen LogP contribution in [0.25, 0.3) is 10.6 Å². The van der Waals surface area contributed by atoms with E-state index in [1.54, 1.807) is 0 Å². The largest absolute Gasteiger partial charge is 0.364 e. The van der Waals surface area contributed by atoms with Crippen LogP contribution in [0.15, 0.2) is 18.2 Å². The maximum absolute atomic E-state index is 12.2. The molecule has 0 bridgehead atoms. The average molecular weight is 332 g/mol. The Morgan fingerprint density at radius 3 is 2.70 bits per heavy atom. The lowest BCUT2D eigenvalue weighted by Crippen LogP contribution is -2.29. The normalized spacial score (nSPS) is 20.7. The van der Waals surface area contributed by atoms with Gasteiger partial charge >= 0.3 is 0 Å². The predicted molar refractivity (Wildman–Crippen MR) is 90.4 cm³/mol. The van der Waals surface area contributed by atoms with E-state index < -0.39 is 6.10 Å². The summed E-state index contributed by atoms with van der Waals surface area (Å²) >= 11 is 1.36. The standard InChI is InChI=1S/C16H20N4O2S/c1-9-5-10(2)7-11(6-9)15-19-20-16(23-15)18-14(21)13-4-3-12(8-17)22-13/h5-7,12-13H,3-4,8,17H2,1-2H3,(H,18,20,21)/t12-,13+/m1/s1. The van der Waals surface area contributed by atoms with Crippen LogP contribution >= 0.6 is 11.3 Å². The number of carbonyl (C=O) groups is 1. The Labute approximate surface area is 139 Å². The summed E-state index contributed by atoms with van der Waals surface area (Å²) in [6.45, 7) is 4.54. The van der Waals surface area contributed by atoms with Crippen LogP contribution in [0.1, 0.15) is 24.0 Å². The predicted octanol–water partition coefficient (Wildman–Crippen LogP) is 2.27. The average Bonchev–Trinajstić information content (AvgIpc) is 3.15. The van der Waals surface area contributed by atoms with E-state index in [-0.39, 0.29) is 12.0 Å². The second-order valence-electron chi connectivity index (χ2n) is 5.84. The summed E-state index contributed by atoms with van der Waals surface area (Å²) < 4.78 is 5.59. The lowest BCUT2D eigenvalue weighted by molar-refractivity contribution is -0.126. The third-order valence-electron chi connectivity index (χ3n) is 3.79. The molecule has 1 aromatic carbocycles. The van der Waals surface area contributed by atoms with Gasteiger partial charge in [0.15, 0.2) is 0 Å². The minimum absolute atomic E-state index is 0.0222. The molecule has 3 N–H and O–H groups in total. The molecule has 2 aromatic rings. The molecule has 0 aliphatic carbocycles. The Morgan fingerprint density at radius 2 is 2.04 bits per heavy atom. The van der Waals surface area contributed by atoms with Gasteiger partial charge in [-0.25, -0.2) is 0 Å². The summed E-state index contributed by atoms with van der Waals surface area (Å²) in [5.74, 6) is -0.177. The number of carbonyl (C=O) groups excluding carboxylic acids is 1. The number of nitrogens with one attached hydrogen (secondary N) is 1. The zero-order valence-electron chi connectivity index (χ0n) is 13.2. The molecule has 7 heteroatoms. The van der Waals surface area contributed by atoms with Gasteiger partial charge in [0.25, 0.3) is 5.91 Å². The van der Waals surface area contributed by atoms with Crippen molar-refractivity contribution in [3.63, 3.8) is 0 Å². The molecule has 23 heavy (non-hydrogen) atoms. The highest BCUT2D eigenvalue weighted by Crippen LogP contribution is 2.28. The Bertz CT molecular complexity index is 696. The van der Waals surface area contributed by atoms with Crippen LogP contribution < -0.4 is 11.1 Å². The summed E-state index contributed by atoms with van der Waals surface area (Å²) in [6, 6.07) is 6.23. The molecule has 3 rings (SSSR count). The molecule has 0 spiro atoms. The Kier molecular flexibility index (Phi) is 4.70. The van der Waals surface area contributed by atoms with Crippen molar-refractivity contribution in [2.24, 2.45) is 5.73 Å². The molecule has 1 fully saturated rings. The van der Waals surface area contributed by atoms with Crippen LogP contribution in [-0.2, 0) is 9.53 Å². The first kappa shape index (κ1) is 16.0.